The minimum atomic E-state index is -0.717. The standard InChI is InChI=1S/C19H15F2N5O/c1-3-16-25-19(27-26-16)13-9-22-18-12(6-4-10(2)23-18)17(13)24-15-7-5-11(20)8-14(15)21/h4-9H,3H2,1-2H3,(H,22,23,24). The minimum absolute atomic E-state index is 0.112. The largest absolute Gasteiger partial charge is 0.352 e. The van der Waals surface area contributed by atoms with Crippen LogP contribution in [-0.4, -0.2) is 20.1 Å². The smallest absolute Gasteiger partial charge is 0.261 e. The minimum Gasteiger partial charge on any atom is -0.352 e. The zero-order valence-corrected chi connectivity index (χ0v) is 14.6. The average molecular weight is 367 g/mol. The Morgan fingerprint density at radius 2 is 1.96 bits per heavy atom. The fourth-order valence-corrected chi connectivity index (χ4v) is 2.70. The lowest BCUT2D eigenvalue weighted by atomic mass is 10.1. The zero-order valence-electron chi connectivity index (χ0n) is 14.6. The van der Waals surface area contributed by atoms with Gasteiger partial charge in [0, 0.05) is 29.8 Å². The van der Waals surface area contributed by atoms with Crippen molar-refractivity contribution >= 4 is 22.4 Å². The Hall–Kier alpha value is -3.42. The number of hydrogen-bond acceptors (Lipinski definition) is 6. The van der Waals surface area contributed by atoms with E-state index in [2.05, 4.69) is 25.4 Å². The van der Waals surface area contributed by atoms with Gasteiger partial charge in [0.2, 0.25) is 0 Å². The molecule has 27 heavy (non-hydrogen) atoms. The lowest BCUT2D eigenvalue weighted by Crippen LogP contribution is -2.00. The molecule has 0 aliphatic heterocycles. The quantitative estimate of drug-likeness (QED) is 0.569. The van der Waals surface area contributed by atoms with Crippen LogP contribution in [0.15, 0.2) is 41.1 Å². The van der Waals surface area contributed by atoms with E-state index in [1.165, 1.54) is 12.1 Å². The van der Waals surface area contributed by atoms with Crippen molar-refractivity contribution in [2.75, 3.05) is 5.32 Å². The van der Waals surface area contributed by atoms with Crippen LogP contribution < -0.4 is 5.32 Å². The van der Waals surface area contributed by atoms with Crippen LogP contribution in [0.1, 0.15) is 18.4 Å². The van der Waals surface area contributed by atoms with Crippen molar-refractivity contribution in [3.05, 3.63) is 59.7 Å². The summed E-state index contributed by atoms with van der Waals surface area (Å²) in [5.74, 6) is -0.566. The molecule has 0 aliphatic rings. The molecule has 4 rings (SSSR count). The van der Waals surface area contributed by atoms with Crippen LogP contribution in [0, 0.1) is 18.6 Å². The summed E-state index contributed by atoms with van der Waals surface area (Å²) in [4.78, 5) is 13.1. The normalized spacial score (nSPS) is 11.1. The van der Waals surface area contributed by atoms with Gasteiger partial charge in [-0.1, -0.05) is 12.1 Å². The van der Waals surface area contributed by atoms with Gasteiger partial charge in [-0.3, -0.25) is 0 Å². The fraction of sp³-hybridized carbons (Fsp3) is 0.158. The van der Waals surface area contributed by atoms with Gasteiger partial charge in [0.25, 0.3) is 5.89 Å². The number of aryl methyl sites for hydroxylation is 2. The average Bonchev–Trinajstić information content (AvgIpc) is 3.12. The first kappa shape index (κ1) is 17.0. The summed E-state index contributed by atoms with van der Waals surface area (Å²) in [5, 5.41) is 7.56. The molecular formula is C19H15F2N5O. The van der Waals surface area contributed by atoms with E-state index in [1.54, 1.807) is 6.20 Å². The molecule has 3 heterocycles. The van der Waals surface area contributed by atoms with E-state index in [9.17, 15) is 8.78 Å². The number of nitrogens with one attached hydrogen (secondary N) is 1. The molecule has 0 aliphatic carbocycles. The second-order valence-electron chi connectivity index (χ2n) is 5.99. The molecule has 4 aromatic rings. The molecule has 0 amide bonds. The Morgan fingerprint density at radius 1 is 1.11 bits per heavy atom. The first-order chi connectivity index (χ1) is 13.0. The van der Waals surface area contributed by atoms with Crippen LogP contribution in [0.3, 0.4) is 0 Å². The molecule has 1 aromatic carbocycles. The molecule has 0 saturated carbocycles. The van der Waals surface area contributed by atoms with Gasteiger partial charge in [-0.25, -0.2) is 18.7 Å². The monoisotopic (exact) mass is 367 g/mol. The number of pyridine rings is 2. The van der Waals surface area contributed by atoms with Crippen LogP contribution in [0.5, 0.6) is 0 Å². The topological polar surface area (TPSA) is 76.7 Å². The summed E-state index contributed by atoms with van der Waals surface area (Å²) in [6.45, 7) is 3.76. The highest BCUT2D eigenvalue weighted by Crippen LogP contribution is 2.35. The van der Waals surface area contributed by atoms with Gasteiger partial charge < -0.3 is 9.84 Å². The van der Waals surface area contributed by atoms with Crippen molar-refractivity contribution in [3.63, 3.8) is 0 Å². The maximum absolute atomic E-state index is 14.2. The van der Waals surface area contributed by atoms with Crippen molar-refractivity contribution in [2.24, 2.45) is 0 Å². The molecule has 6 nitrogen and oxygen atoms in total. The third-order valence-corrected chi connectivity index (χ3v) is 4.07. The number of benzene rings is 1. The van der Waals surface area contributed by atoms with Gasteiger partial charge >= 0.3 is 0 Å². The third-order valence-electron chi connectivity index (χ3n) is 4.07. The highest BCUT2D eigenvalue weighted by molar-refractivity contribution is 5.98. The summed E-state index contributed by atoms with van der Waals surface area (Å²) < 4.78 is 32.8. The van der Waals surface area contributed by atoms with E-state index in [4.69, 9.17) is 4.52 Å². The van der Waals surface area contributed by atoms with Gasteiger partial charge in [-0.15, -0.1) is 0 Å². The molecule has 0 unspecified atom stereocenters. The van der Waals surface area contributed by atoms with Gasteiger partial charge in [0.15, 0.2) is 11.5 Å². The van der Waals surface area contributed by atoms with Crippen molar-refractivity contribution in [1.29, 1.82) is 0 Å². The van der Waals surface area contributed by atoms with Gasteiger partial charge in [-0.2, -0.15) is 4.98 Å². The first-order valence-corrected chi connectivity index (χ1v) is 8.36. The zero-order chi connectivity index (χ0) is 19.0. The fourth-order valence-electron chi connectivity index (χ4n) is 2.70. The predicted octanol–water partition coefficient (Wildman–Crippen LogP) is 4.57. The van der Waals surface area contributed by atoms with Crippen molar-refractivity contribution in [2.45, 2.75) is 20.3 Å². The van der Waals surface area contributed by atoms with Gasteiger partial charge in [0.1, 0.15) is 11.6 Å². The summed E-state index contributed by atoms with van der Waals surface area (Å²) in [5.41, 5.74) is 2.40. The van der Waals surface area contributed by atoms with E-state index in [1.807, 2.05) is 26.0 Å². The molecule has 0 saturated heterocycles. The Morgan fingerprint density at radius 3 is 2.70 bits per heavy atom. The van der Waals surface area contributed by atoms with E-state index >= 15 is 0 Å². The number of halogens is 2. The lowest BCUT2D eigenvalue weighted by Gasteiger charge is -2.13. The Balaban J connectivity index is 1.92. The van der Waals surface area contributed by atoms with Crippen LogP contribution in [0.4, 0.5) is 20.2 Å². The van der Waals surface area contributed by atoms with E-state index in [0.717, 1.165) is 11.8 Å². The number of hydrogen-bond donors (Lipinski definition) is 1. The second kappa shape index (κ2) is 6.71. The molecule has 8 heteroatoms. The van der Waals surface area contributed by atoms with Crippen molar-refractivity contribution < 1.29 is 13.3 Å². The van der Waals surface area contributed by atoms with Crippen LogP contribution in [0.2, 0.25) is 0 Å². The number of anilines is 2. The maximum atomic E-state index is 14.2. The second-order valence-corrected chi connectivity index (χ2v) is 5.99. The van der Waals surface area contributed by atoms with Crippen LogP contribution >= 0.6 is 0 Å². The molecule has 0 atom stereocenters. The summed E-state index contributed by atoms with van der Waals surface area (Å²) in [7, 11) is 0. The molecule has 0 bridgehead atoms. The molecule has 0 radical (unpaired) electrons. The van der Waals surface area contributed by atoms with E-state index in [-0.39, 0.29) is 11.6 Å². The molecule has 3 aromatic heterocycles. The molecule has 0 spiro atoms. The summed E-state index contributed by atoms with van der Waals surface area (Å²) in [6, 6.07) is 6.97. The highest BCUT2D eigenvalue weighted by atomic mass is 19.1. The SMILES string of the molecule is CCc1noc(-c2cnc3nc(C)ccc3c2Nc2ccc(F)cc2F)n1. The van der Waals surface area contributed by atoms with E-state index in [0.29, 0.717) is 34.5 Å². The number of aromatic nitrogens is 4. The summed E-state index contributed by atoms with van der Waals surface area (Å²) >= 11 is 0. The van der Waals surface area contributed by atoms with Crippen molar-refractivity contribution in [3.8, 4) is 11.5 Å². The number of nitrogens with zero attached hydrogens (tertiary/aromatic N) is 4. The number of rotatable bonds is 4. The molecular weight excluding hydrogens is 352 g/mol. The van der Waals surface area contributed by atoms with Gasteiger partial charge in [-0.05, 0) is 31.2 Å². The third kappa shape index (κ3) is 3.21. The van der Waals surface area contributed by atoms with Crippen LogP contribution in [0.25, 0.3) is 22.5 Å². The van der Waals surface area contributed by atoms with Crippen molar-refractivity contribution in [1.82, 2.24) is 20.1 Å². The molecule has 1 N–H and O–H groups in total. The molecule has 0 fully saturated rings. The first-order valence-electron chi connectivity index (χ1n) is 8.36. The predicted molar refractivity (Wildman–Crippen MR) is 96.6 cm³/mol. The lowest BCUT2D eigenvalue weighted by molar-refractivity contribution is 0.423. The van der Waals surface area contributed by atoms with Gasteiger partial charge in [0.05, 0.1) is 16.9 Å². The van der Waals surface area contributed by atoms with Crippen LogP contribution in [-0.2, 0) is 6.42 Å². The Bertz CT molecular complexity index is 1140. The Kier molecular flexibility index (Phi) is 4.23. The molecule has 136 valence electrons. The maximum Gasteiger partial charge on any atom is 0.261 e. The summed E-state index contributed by atoms with van der Waals surface area (Å²) in [6.07, 6.45) is 2.16. The number of fused-ring (bicyclic) bond motifs is 1. The Labute approximate surface area is 153 Å². The van der Waals surface area contributed by atoms with E-state index < -0.39 is 11.6 Å². The highest BCUT2D eigenvalue weighted by Gasteiger charge is 2.18.